The van der Waals surface area contributed by atoms with Crippen LogP contribution in [-0.2, 0) is 6.54 Å². The van der Waals surface area contributed by atoms with Gasteiger partial charge in [0.25, 0.3) is 0 Å². The number of rotatable bonds is 7. The predicted molar refractivity (Wildman–Crippen MR) is 61.2 cm³/mol. The summed E-state index contributed by atoms with van der Waals surface area (Å²) in [5.74, 6) is 0. The molecule has 16 heavy (non-hydrogen) atoms. The molecule has 0 bridgehead atoms. The van der Waals surface area contributed by atoms with Crippen LogP contribution in [0.15, 0.2) is 24.5 Å². The maximum absolute atomic E-state index is 10.4. The van der Waals surface area contributed by atoms with Crippen molar-refractivity contribution in [2.24, 2.45) is 0 Å². The fraction of sp³-hybridized carbons (Fsp3) is 0.500. The van der Waals surface area contributed by atoms with Crippen molar-refractivity contribution in [1.82, 2.24) is 15.1 Å². The Morgan fingerprint density at radius 3 is 3.06 bits per heavy atom. The van der Waals surface area contributed by atoms with Crippen LogP contribution in [0.2, 0.25) is 0 Å². The van der Waals surface area contributed by atoms with Gasteiger partial charge in [-0.1, -0.05) is 13.5 Å². The van der Waals surface area contributed by atoms with Crippen LogP contribution in [0.1, 0.15) is 13.3 Å². The molecule has 0 aliphatic heterocycles. The minimum absolute atomic E-state index is 0.00863. The smallest absolute Gasteiger partial charge is 0.307 e. The van der Waals surface area contributed by atoms with Crippen molar-refractivity contribution in [2.75, 3.05) is 13.1 Å². The molecule has 0 aromatic carbocycles. The van der Waals surface area contributed by atoms with Gasteiger partial charge in [0.1, 0.15) is 12.4 Å². The van der Waals surface area contributed by atoms with E-state index >= 15 is 0 Å². The summed E-state index contributed by atoms with van der Waals surface area (Å²) in [4.78, 5) is 9.97. The summed E-state index contributed by atoms with van der Waals surface area (Å²) in [6.45, 7) is 8.13. The average Bonchev–Trinajstić information content (AvgIpc) is 2.66. The minimum atomic E-state index is -0.457. The van der Waals surface area contributed by atoms with Crippen molar-refractivity contribution < 1.29 is 4.92 Å². The van der Waals surface area contributed by atoms with Gasteiger partial charge in [-0.2, -0.15) is 5.10 Å². The lowest BCUT2D eigenvalue weighted by Gasteiger charge is -2.06. The van der Waals surface area contributed by atoms with E-state index in [1.165, 1.54) is 17.1 Å². The van der Waals surface area contributed by atoms with Crippen LogP contribution < -0.4 is 5.32 Å². The van der Waals surface area contributed by atoms with Crippen LogP contribution in [0.25, 0.3) is 0 Å². The lowest BCUT2D eigenvalue weighted by atomic mass is 10.3. The summed E-state index contributed by atoms with van der Waals surface area (Å²) < 4.78 is 1.52. The normalized spacial score (nSPS) is 10.3. The predicted octanol–water partition coefficient (Wildman–Crippen LogP) is 1.35. The minimum Gasteiger partial charge on any atom is -0.313 e. The molecule has 0 saturated heterocycles. The molecule has 0 fully saturated rings. The molecule has 0 radical (unpaired) electrons. The average molecular weight is 224 g/mol. The molecule has 0 unspecified atom stereocenters. The van der Waals surface area contributed by atoms with E-state index in [0.717, 1.165) is 18.5 Å². The third-order valence-electron chi connectivity index (χ3n) is 2.02. The highest BCUT2D eigenvalue weighted by molar-refractivity contribution is 5.21. The molecule has 88 valence electrons. The first-order valence-electron chi connectivity index (χ1n) is 5.17. The van der Waals surface area contributed by atoms with E-state index in [-0.39, 0.29) is 5.69 Å². The van der Waals surface area contributed by atoms with Crippen LogP contribution in [0.5, 0.6) is 0 Å². The van der Waals surface area contributed by atoms with E-state index in [0.29, 0.717) is 13.1 Å². The maximum Gasteiger partial charge on any atom is 0.307 e. The summed E-state index contributed by atoms with van der Waals surface area (Å²) in [5.41, 5.74) is 0.959. The quantitative estimate of drug-likeness (QED) is 0.328. The first kappa shape index (κ1) is 12.4. The number of hydrogen-bond acceptors (Lipinski definition) is 4. The summed E-state index contributed by atoms with van der Waals surface area (Å²) in [5, 5.41) is 17.5. The lowest BCUT2D eigenvalue weighted by Crippen LogP contribution is -2.19. The van der Waals surface area contributed by atoms with Crippen LogP contribution >= 0.6 is 0 Å². The van der Waals surface area contributed by atoms with Crippen LogP contribution in [-0.4, -0.2) is 27.8 Å². The van der Waals surface area contributed by atoms with Gasteiger partial charge < -0.3 is 5.32 Å². The standard InChI is InChI=1S/C10H16N4O2/c1-3-4-11-5-9(2)7-13-8-10(6-12-13)14(15)16/h6,8,11H,2-5,7H2,1H3. The highest BCUT2D eigenvalue weighted by Gasteiger charge is 2.08. The maximum atomic E-state index is 10.4. The Morgan fingerprint density at radius 2 is 2.50 bits per heavy atom. The second kappa shape index (κ2) is 6.02. The molecular formula is C10H16N4O2. The second-order valence-electron chi connectivity index (χ2n) is 3.58. The molecule has 1 aromatic heterocycles. The SMILES string of the molecule is C=C(CNCCC)Cn1cc([N+](=O)[O-])cn1. The van der Waals surface area contributed by atoms with Crippen molar-refractivity contribution in [3.63, 3.8) is 0 Å². The molecule has 1 rings (SSSR count). The van der Waals surface area contributed by atoms with Crippen LogP contribution in [0.4, 0.5) is 5.69 Å². The first-order valence-corrected chi connectivity index (χ1v) is 5.17. The van der Waals surface area contributed by atoms with E-state index in [1.54, 1.807) is 0 Å². The second-order valence-corrected chi connectivity index (χ2v) is 3.58. The molecule has 6 nitrogen and oxygen atoms in total. The van der Waals surface area contributed by atoms with E-state index in [2.05, 4.69) is 23.9 Å². The summed E-state index contributed by atoms with van der Waals surface area (Å²) in [7, 11) is 0. The zero-order valence-corrected chi connectivity index (χ0v) is 9.35. The molecule has 0 amide bonds. The zero-order valence-electron chi connectivity index (χ0n) is 9.35. The van der Waals surface area contributed by atoms with Crippen molar-refractivity contribution in [2.45, 2.75) is 19.9 Å². The first-order chi connectivity index (χ1) is 7.63. The van der Waals surface area contributed by atoms with Gasteiger partial charge in [-0.15, -0.1) is 0 Å². The Hall–Kier alpha value is -1.69. The molecule has 0 aliphatic rings. The molecule has 0 saturated carbocycles. The van der Waals surface area contributed by atoms with E-state index in [1.807, 2.05) is 0 Å². The van der Waals surface area contributed by atoms with E-state index in [9.17, 15) is 10.1 Å². The van der Waals surface area contributed by atoms with Crippen molar-refractivity contribution in [3.8, 4) is 0 Å². The molecule has 1 aromatic rings. The molecule has 0 spiro atoms. The summed E-state index contributed by atoms with van der Waals surface area (Å²) in [6.07, 6.45) is 3.72. The number of nitro groups is 1. The van der Waals surface area contributed by atoms with Gasteiger partial charge in [0.15, 0.2) is 0 Å². The largest absolute Gasteiger partial charge is 0.313 e. The number of nitrogens with zero attached hydrogens (tertiary/aromatic N) is 3. The number of nitrogens with one attached hydrogen (secondary N) is 1. The Balaban J connectivity index is 2.40. The highest BCUT2D eigenvalue weighted by Crippen LogP contribution is 2.08. The Labute approximate surface area is 94.1 Å². The van der Waals surface area contributed by atoms with Gasteiger partial charge in [0, 0.05) is 6.54 Å². The summed E-state index contributed by atoms with van der Waals surface area (Å²) in [6, 6.07) is 0. The van der Waals surface area contributed by atoms with Gasteiger partial charge >= 0.3 is 5.69 Å². The Morgan fingerprint density at radius 1 is 1.75 bits per heavy atom. The number of aromatic nitrogens is 2. The van der Waals surface area contributed by atoms with Gasteiger partial charge in [0.05, 0.1) is 11.5 Å². The Kier molecular flexibility index (Phi) is 4.65. The fourth-order valence-electron chi connectivity index (χ4n) is 1.26. The van der Waals surface area contributed by atoms with Crippen molar-refractivity contribution in [1.29, 1.82) is 0 Å². The van der Waals surface area contributed by atoms with Gasteiger partial charge in [-0.05, 0) is 18.5 Å². The molecular weight excluding hydrogens is 208 g/mol. The third kappa shape index (κ3) is 3.82. The molecule has 1 heterocycles. The summed E-state index contributed by atoms with van der Waals surface area (Å²) >= 11 is 0. The van der Waals surface area contributed by atoms with Crippen molar-refractivity contribution in [3.05, 3.63) is 34.7 Å². The molecule has 0 atom stereocenters. The molecule has 0 aliphatic carbocycles. The molecule has 6 heteroatoms. The van der Waals surface area contributed by atoms with Gasteiger partial charge in [-0.25, -0.2) is 0 Å². The van der Waals surface area contributed by atoms with E-state index < -0.39 is 4.92 Å². The Bertz CT molecular complexity index is 373. The van der Waals surface area contributed by atoms with Crippen LogP contribution in [0.3, 0.4) is 0 Å². The fourth-order valence-corrected chi connectivity index (χ4v) is 1.26. The zero-order chi connectivity index (χ0) is 12.0. The molecule has 1 N–H and O–H groups in total. The number of hydrogen-bond donors (Lipinski definition) is 1. The lowest BCUT2D eigenvalue weighted by molar-refractivity contribution is -0.385. The topological polar surface area (TPSA) is 73.0 Å². The van der Waals surface area contributed by atoms with Gasteiger partial charge in [-0.3, -0.25) is 14.8 Å². The van der Waals surface area contributed by atoms with Crippen LogP contribution in [0, 0.1) is 10.1 Å². The third-order valence-corrected chi connectivity index (χ3v) is 2.02. The monoisotopic (exact) mass is 224 g/mol. The van der Waals surface area contributed by atoms with E-state index in [4.69, 9.17) is 0 Å². The highest BCUT2D eigenvalue weighted by atomic mass is 16.6. The van der Waals surface area contributed by atoms with Gasteiger partial charge in [0.2, 0.25) is 0 Å². The van der Waals surface area contributed by atoms with Crippen molar-refractivity contribution >= 4 is 5.69 Å².